The molecule has 4 N–H and O–H groups in total. The highest BCUT2D eigenvalue weighted by Gasteiger charge is 2.38. The van der Waals surface area contributed by atoms with Gasteiger partial charge in [0.2, 0.25) is 0 Å². The van der Waals surface area contributed by atoms with Crippen LogP contribution in [0.2, 0.25) is 10.2 Å². The molecule has 0 saturated carbocycles. The van der Waals surface area contributed by atoms with E-state index in [-0.39, 0.29) is 5.54 Å². The van der Waals surface area contributed by atoms with E-state index in [4.69, 9.17) is 53.5 Å². The Morgan fingerprint density at radius 2 is 1.48 bits per heavy atom. The number of nitrogens with two attached hydrogens (primary N) is 1. The van der Waals surface area contributed by atoms with Crippen molar-refractivity contribution in [3.8, 4) is 5.75 Å². The number of rotatable bonds is 5. The molecule has 1 rings (SSSR count). The molecule has 0 fully saturated rings. The topological polar surface area (TPSA) is 123 Å². The van der Waals surface area contributed by atoms with Gasteiger partial charge < -0.3 is 20.7 Å². The summed E-state index contributed by atoms with van der Waals surface area (Å²) in [5, 5.41) is 15.0. The molecule has 180 valence electrons. The molecule has 0 aliphatic rings. The van der Waals surface area contributed by atoms with Crippen LogP contribution in [0.3, 0.4) is 0 Å². The number of alkyl halides is 6. The molecule has 0 saturated heterocycles. The Morgan fingerprint density at radius 3 is 1.77 bits per heavy atom. The zero-order chi connectivity index (χ0) is 25.2. The van der Waals surface area contributed by atoms with Gasteiger partial charge in [0.15, 0.2) is 5.75 Å². The largest absolute Gasteiger partial charge is 0.490 e. The standard InChI is InChI=1S/C12H18Cl2N2O.2C2HF3O2/c1-8(2)5-12(3,15)7-17-10-6-16-11(14)4-9(10)13;2*3-2(4,5)1(6)7/h4,6,8H,5,7,15H2,1-3H3;2*(H,6,7)/t12-;;/m0../s1. The maximum Gasteiger partial charge on any atom is 0.490 e. The van der Waals surface area contributed by atoms with Crippen LogP contribution in [0.1, 0.15) is 27.2 Å². The molecule has 31 heavy (non-hydrogen) atoms. The zero-order valence-corrected chi connectivity index (χ0v) is 17.8. The van der Waals surface area contributed by atoms with Crippen molar-refractivity contribution in [2.75, 3.05) is 6.61 Å². The van der Waals surface area contributed by atoms with Crippen molar-refractivity contribution in [1.29, 1.82) is 0 Å². The van der Waals surface area contributed by atoms with E-state index >= 15 is 0 Å². The number of ether oxygens (including phenoxy) is 1. The first-order valence-electron chi connectivity index (χ1n) is 8.02. The van der Waals surface area contributed by atoms with Crippen molar-refractivity contribution < 1.29 is 50.9 Å². The number of halogens is 8. The van der Waals surface area contributed by atoms with E-state index in [0.29, 0.717) is 28.5 Å². The molecule has 1 aromatic rings. The van der Waals surface area contributed by atoms with Gasteiger partial charge in [0.05, 0.1) is 11.2 Å². The summed E-state index contributed by atoms with van der Waals surface area (Å²) in [5.74, 6) is -4.48. The predicted octanol–water partition coefficient (Wildman–Crippen LogP) is 4.80. The molecule has 0 bridgehead atoms. The molecule has 0 unspecified atom stereocenters. The molecule has 1 heterocycles. The molecule has 0 aliphatic carbocycles. The van der Waals surface area contributed by atoms with E-state index in [9.17, 15) is 26.3 Å². The summed E-state index contributed by atoms with van der Waals surface area (Å²) in [6.07, 6.45) is -7.78. The smallest absolute Gasteiger partial charge is 0.488 e. The van der Waals surface area contributed by atoms with Gasteiger partial charge in [0.1, 0.15) is 11.8 Å². The van der Waals surface area contributed by atoms with E-state index in [1.54, 1.807) is 6.07 Å². The van der Waals surface area contributed by atoms with E-state index in [0.717, 1.165) is 6.42 Å². The van der Waals surface area contributed by atoms with Gasteiger partial charge in [-0.05, 0) is 25.3 Å². The van der Waals surface area contributed by atoms with Gasteiger partial charge in [-0.2, -0.15) is 26.3 Å². The number of aliphatic carboxylic acids is 2. The fourth-order valence-electron chi connectivity index (χ4n) is 1.74. The summed E-state index contributed by atoms with van der Waals surface area (Å²) in [6.45, 7) is 6.61. The Kier molecular flexibility index (Phi) is 12.8. The number of nitrogens with zero attached hydrogens (tertiary/aromatic N) is 1. The summed E-state index contributed by atoms with van der Waals surface area (Å²) < 4.78 is 69.1. The Morgan fingerprint density at radius 1 is 1.10 bits per heavy atom. The average molecular weight is 505 g/mol. The fourth-order valence-corrected chi connectivity index (χ4v) is 2.16. The normalized spacial score (nSPS) is 13.2. The lowest BCUT2D eigenvalue weighted by Crippen LogP contribution is -2.43. The molecular weight excluding hydrogens is 485 g/mol. The van der Waals surface area contributed by atoms with E-state index in [2.05, 4.69) is 18.8 Å². The molecule has 7 nitrogen and oxygen atoms in total. The molecule has 15 heteroatoms. The number of pyridine rings is 1. The van der Waals surface area contributed by atoms with Crippen molar-refractivity contribution in [3.63, 3.8) is 0 Å². The lowest BCUT2D eigenvalue weighted by atomic mass is 9.93. The van der Waals surface area contributed by atoms with Crippen LogP contribution in [0, 0.1) is 5.92 Å². The number of carboxylic acid groups (broad SMARTS) is 2. The van der Waals surface area contributed by atoms with E-state index in [1.165, 1.54) is 6.20 Å². The monoisotopic (exact) mass is 504 g/mol. The fraction of sp³-hybridized carbons (Fsp3) is 0.562. The molecule has 0 amide bonds. The van der Waals surface area contributed by atoms with Gasteiger partial charge >= 0.3 is 24.3 Å². The highest BCUT2D eigenvalue weighted by Crippen LogP contribution is 2.26. The second kappa shape index (κ2) is 12.8. The van der Waals surface area contributed by atoms with Crippen LogP contribution in [0.15, 0.2) is 12.3 Å². The van der Waals surface area contributed by atoms with Crippen LogP contribution in [-0.4, -0.2) is 51.6 Å². The second-order valence-corrected chi connectivity index (χ2v) is 7.38. The first-order chi connectivity index (χ1) is 13.7. The number of carbonyl (C=O) groups is 2. The second-order valence-electron chi connectivity index (χ2n) is 6.58. The minimum absolute atomic E-state index is 0.347. The van der Waals surface area contributed by atoms with Crippen molar-refractivity contribution in [2.24, 2.45) is 11.7 Å². The number of hydrogen-bond donors (Lipinski definition) is 3. The van der Waals surface area contributed by atoms with Gasteiger partial charge in [-0.15, -0.1) is 0 Å². The lowest BCUT2D eigenvalue weighted by molar-refractivity contribution is -0.193. The van der Waals surface area contributed by atoms with Gasteiger partial charge in [-0.3, -0.25) is 0 Å². The number of carboxylic acids is 2. The Labute approximate surface area is 183 Å². The van der Waals surface area contributed by atoms with Gasteiger partial charge in [-0.25, -0.2) is 14.6 Å². The van der Waals surface area contributed by atoms with E-state index in [1.807, 2.05) is 6.92 Å². The number of aromatic nitrogens is 1. The summed E-state index contributed by atoms with van der Waals surface area (Å²) in [5.41, 5.74) is 5.75. The molecule has 1 aromatic heterocycles. The first kappa shape index (κ1) is 31.2. The number of hydrogen-bond acceptors (Lipinski definition) is 5. The Bertz CT molecular complexity index is 703. The van der Waals surface area contributed by atoms with Crippen LogP contribution in [0.25, 0.3) is 0 Å². The molecular formula is C16H20Cl2F6N2O5. The van der Waals surface area contributed by atoms with Crippen molar-refractivity contribution >= 4 is 35.1 Å². The molecule has 0 spiro atoms. The highest BCUT2D eigenvalue weighted by molar-refractivity contribution is 6.34. The molecule has 0 aliphatic heterocycles. The van der Waals surface area contributed by atoms with Crippen LogP contribution in [0.4, 0.5) is 26.3 Å². The average Bonchev–Trinajstić information content (AvgIpc) is 2.52. The van der Waals surface area contributed by atoms with Crippen molar-refractivity contribution in [2.45, 2.75) is 45.1 Å². The minimum atomic E-state index is -5.08. The van der Waals surface area contributed by atoms with Crippen LogP contribution >= 0.6 is 23.2 Å². The van der Waals surface area contributed by atoms with Crippen LogP contribution in [0.5, 0.6) is 5.75 Å². The van der Waals surface area contributed by atoms with Crippen molar-refractivity contribution in [1.82, 2.24) is 4.98 Å². The molecule has 1 atom stereocenters. The summed E-state index contributed by atoms with van der Waals surface area (Å²) in [6, 6.07) is 1.55. The third kappa shape index (κ3) is 16.4. The Balaban J connectivity index is 0. The zero-order valence-electron chi connectivity index (χ0n) is 16.3. The van der Waals surface area contributed by atoms with E-state index < -0.39 is 24.3 Å². The van der Waals surface area contributed by atoms with Gasteiger partial charge in [0.25, 0.3) is 0 Å². The summed E-state index contributed by atoms with van der Waals surface area (Å²) in [4.78, 5) is 21.7. The SMILES string of the molecule is CC(C)C[C@](C)(N)COc1cnc(Cl)cc1Cl.O=C(O)C(F)(F)F.O=C(O)C(F)(F)F. The summed E-state index contributed by atoms with van der Waals surface area (Å²) in [7, 11) is 0. The Hall–Kier alpha value is -1.99. The van der Waals surface area contributed by atoms with Gasteiger partial charge in [0, 0.05) is 5.54 Å². The minimum Gasteiger partial charge on any atom is -0.488 e. The lowest BCUT2D eigenvalue weighted by Gasteiger charge is -2.26. The van der Waals surface area contributed by atoms with Crippen molar-refractivity contribution in [3.05, 3.63) is 22.4 Å². The first-order valence-corrected chi connectivity index (χ1v) is 8.77. The molecule has 0 aromatic carbocycles. The third-order valence-electron chi connectivity index (χ3n) is 2.70. The third-order valence-corrected chi connectivity index (χ3v) is 3.21. The predicted molar refractivity (Wildman–Crippen MR) is 99.2 cm³/mol. The van der Waals surface area contributed by atoms with Gasteiger partial charge in [-0.1, -0.05) is 37.0 Å². The maximum absolute atomic E-state index is 10.6. The van der Waals surface area contributed by atoms with Crippen LogP contribution < -0.4 is 10.5 Å². The highest BCUT2D eigenvalue weighted by atomic mass is 35.5. The quantitative estimate of drug-likeness (QED) is 0.388. The maximum atomic E-state index is 10.6. The molecule has 0 radical (unpaired) electrons. The summed E-state index contributed by atoms with van der Waals surface area (Å²) >= 11 is 11.7. The van der Waals surface area contributed by atoms with Crippen LogP contribution in [-0.2, 0) is 9.59 Å².